The van der Waals surface area contributed by atoms with E-state index in [0.717, 1.165) is 0 Å². The van der Waals surface area contributed by atoms with Gasteiger partial charge in [-0.1, -0.05) is 0 Å². The third-order valence-electron chi connectivity index (χ3n) is 1.60. The van der Waals surface area contributed by atoms with E-state index in [1.54, 1.807) is 12.3 Å². The molecule has 1 heterocycles. The van der Waals surface area contributed by atoms with Gasteiger partial charge in [0.15, 0.2) is 0 Å². The van der Waals surface area contributed by atoms with E-state index in [-0.39, 0.29) is 12.4 Å². The minimum Gasteiger partial charge on any atom is -0.469 e. The van der Waals surface area contributed by atoms with E-state index >= 15 is 0 Å². The summed E-state index contributed by atoms with van der Waals surface area (Å²) in [5.74, 6) is -0.342. The molecule has 1 rings (SSSR count). The molecule has 0 fully saturated rings. The lowest BCUT2D eigenvalue weighted by Gasteiger charge is -2.07. The van der Waals surface area contributed by atoms with Crippen molar-refractivity contribution in [3.8, 4) is 0 Å². The molecular weight excluding hydrogens is 170 g/mol. The van der Waals surface area contributed by atoms with Crippen molar-refractivity contribution in [2.24, 2.45) is 5.73 Å². The second-order valence-corrected chi connectivity index (χ2v) is 2.52. The Hall–Kier alpha value is -1.49. The molecule has 1 unspecified atom stereocenters. The number of ether oxygens (including phenoxy) is 1. The van der Waals surface area contributed by atoms with Gasteiger partial charge in [-0.15, -0.1) is 0 Å². The Balaban J connectivity index is 2.59. The predicted octanol–water partition coefficient (Wildman–Crippen LogP) is 0.0395. The fourth-order valence-electron chi connectivity index (χ4n) is 0.888. The zero-order chi connectivity index (χ0) is 9.68. The highest BCUT2D eigenvalue weighted by molar-refractivity contribution is 5.70. The van der Waals surface area contributed by atoms with Gasteiger partial charge in [0.1, 0.15) is 6.33 Å². The number of esters is 1. The Bertz CT molecular complexity index is 276. The lowest BCUT2D eigenvalue weighted by Crippen LogP contribution is -2.17. The lowest BCUT2D eigenvalue weighted by molar-refractivity contribution is -0.141. The van der Waals surface area contributed by atoms with Gasteiger partial charge in [0.05, 0.1) is 25.3 Å². The Morgan fingerprint density at radius 3 is 3.08 bits per heavy atom. The average Bonchev–Trinajstić information content (AvgIpc) is 2.19. The molecule has 5 nitrogen and oxygen atoms in total. The molecule has 13 heavy (non-hydrogen) atoms. The van der Waals surface area contributed by atoms with Gasteiger partial charge in [-0.3, -0.25) is 4.79 Å². The molecule has 0 aliphatic rings. The summed E-state index contributed by atoms with van der Waals surface area (Å²) in [4.78, 5) is 18.5. The van der Waals surface area contributed by atoms with E-state index in [2.05, 4.69) is 14.7 Å². The van der Waals surface area contributed by atoms with Crippen LogP contribution in [0.25, 0.3) is 0 Å². The van der Waals surface area contributed by atoms with Crippen LogP contribution in [0.5, 0.6) is 0 Å². The fraction of sp³-hybridized carbons (Fsp3) is 0.375. The van der Waals surface area contributed by atoms with E-state index in [1.807, 2.05) is 0 Å². The highest BCUT2D eigenvalue weighted by Crippen LogP contribution is 2.09. The van der Waals surface area contributed by atoms with E-state index in [0.29, 0.717) is 5.69 Å². The predicted molar refractivity (Wildman–Crippen MR) is 45.6 cm³/mol. The van der Waals surface area contributed by atoms with Crippen molar-refractivity contribution in [1.29, 1.82) is 0 Å². The van der Waals surface area contributed by atoms with Crippen LogP contribution in [0, 0.1) is 0 Å². The molecule has 1 atom stereocenters. The molecule has 0 bridgehead atoms. The average molecular weight is 181 g/mol. The van der Waals surface area contributed by atoms with Crippen molar-refractivity contribution >= 4 is 5.97 Å². The second-order valence-electron chi connectivity index (χ2n) is 2.52. The highest BCUT2D eigenvalue weighted by atomic mass is 16.5. The van der Waals surface area contributed by atoms with E-state index in [1.165, 1.54) is 13.4 Å². The summed E-state index contributed by atoms with van der Waals surface area (Å²) in [7, 11) is 1.33. The first-order valence-corrected chi connectivity index (χ1v) is 3.82. The van der Waals surface area contributed by atoms with Crippen molar-refractivity contribution in [2.75, 3.05) is 7.11 Å². The number of nitrogens with zero attached hydrogens (tertiary/aromatic N) is 2. The van der Waals surface area contributed by atoms with Gasteiger partial charge in [-0.05, 0) is 6.07 Å². The number of nitrogens with two attached hydrogens (primary N) is 1. The fourth-order valence-corrected chi connectivity index (χ4v) is 0.888. The molecule has 1 aromatic heterocycles. The van der Waals surface area contributed by atoms with Crippen LogP contribution in [-0.4, -0.2) is 23.0 Å². The van der Waals surface area contributed by atoms with Crippen molar-refractivity contribution in [1.82, 2.24) is 9.97 Å². The van der Waals surface area contributed by atoms with Crippen LogP contribution in [0.2, 0.25) is 0 Å². The number of aromatic nitrogens is 2. The summed E-state index contributed by atoms with van der Waals surface area (Å²) >= 11 is 0. The Morgan fingerprint density at radius 2 is 2.54 bits per heavy atom. The molecule has 0 saturated carbocycles. The number of rotatable bonds is 3. The normalized spacial score (nSPS) is 12.2. The summed E-state index contributed by atoms with van der Waals surface area (Å²) in [6.45, 7) is 0. The van der Waals surface area contributed by atoms with Crippen molar-refractivity contribution in [3.63, 3.8) is 0 Å². The Kier molecular flexibility index (Phi) is 3.33. The monoisotopic (exact) mass is 181 g/mol. The maximum atomic E-state index is 10.8. The Morgan fingerprint density at radius 1 is 1.77 bits per heavy atom. The molecule has 0 radical (unpaired) electrons. The van der Waals surface area contributed by atoms with Gasteiger partial charge in [-0.2, -0.15) is 0 Å². The highest BCUT2D eigenvalue weighted by Gasteiger charge is 2.12. The summed E-state index contributed by atoms with van der Waals surface area (Å²) in [6.07, 6.45) is 3.11. The van der Waals surface area contributed by atoms with Gasteiger partial charge >= 0.3 is 5.97 Å². The van der Waals surface area contributed by atoms with Crippen LogP contribution >= 0.6 is 0 Å². The first-order chi connectivity index (χ1) is 6.24. The third kappa shape index (κ3) is 2.79. The standard InChI is InChI=1S/C8H11N3O2/c1-13-8(12)4-6(9)7-2-3-10-5-11-7/h2-3,5-6H,4,9H2,1H3. The maximum absolute atomic E-state index is 10.8. The number of hydrogen-bond donors (Lipinski definition) is 1. The molecule has 0 saturated heterocycles. The second kappa shape index (κ2) is 4.51. The Labute approximate surface area is 75.9 Å². The zero-order valence-electron chi connectivity index (χ0n) is 7.30. The number of hydrogen-bond acceptors (Lipinski definition) is 5. The van der Waals surface area contributed by atoms with Crippen LogP contribution < -0.4 is 5.73 Å². The molecule has 0 aliphatic carbocycles. The van der Waals surface area contributed by atoms with Crippen molar-refractivity contribution in [2.45, 2.75) is 12.5 Å². The topological polar surface area (TPSA) is 78.1 Å². The molecule has 1 aromatic rings. The van der Waals surface area contributed by atoms with Crippen molar-refractivity contribution in [3.05, 3.63) is 24.3 Å². The lowest BCUT2D eigenvalue weighted by atomic mass is 10.1. The molecular formula is C8H11N3O2. The quantitative estimate of drug-likeness (QED) is 0.666. The largest absolute Gasteiger partial charge is 0.469 e. The SMILES string of the molecule is COC(=O)CC(N)c1ccncn1. The first-order valence-electron chi connectivity index (χ1n) is 3.82. The molecule has 2 N–H and O–H groups in total. The number of methoxy groups -OCH3 is 1. The van der Waals surface area contributed by atoms with Crippen LogP contribution in [0.4, 0.5) is 0 Å². The van der Waals surface area contributed by atoms with Gasteiger partial charge in [0, 0.05) is 6.20 Å². The third-order valence-corrected chi connectivity index (χ3v) is 1.60. The van der Waals surface area contributed by atoms with Gasteiger partial charge in [0.25, 0.3) is 0 Å². The van der Waals surface area contributed by atoms with Crippen LogP contribution in [0.1, 0.15) is 18.2 Å². The van der Waals surface area contributed by atoms with E-state index < -0.39 is 6.04 Å². The summed E-state index contributed by atoms with van der Waals surface area (Å²) in [5, 5.41) is 0. The smallest absolute Gasteiger partial charge is 0.307 e. The minimum atomic E-state index is -0.421. The van der Waals surface area contributed by atoms with Crippen LogP contribution in [-0.2, 0) is 9.53 Å². The molecule has 70 valence electrons. The summed E-state index contributed by atoms with van der Waals surface area (Å²) in [5.41, 5.74) is 6.32. The molecule has 0 aromatic carbocycles. The molecule has 0 aliphatic heterocycles. The molecule has 5 heteroatoms. The molecule has 0 spiro atoms. The van der Waals surface area contributed by atoms with Crippen LogP contribution in [0.15, 0.2) is 18.6 Å². The van der Waals surface area contributed by atoms with Crippen LogP contribution in [0.3, 0.4) is 0 Å². The summed E-state index contributed by atoms with van der Waals surface area (Å²) in [6, 6.07) is 1.25. The number of carbonyl (C=O) groups is 1. The van der Waals surface area contributed by atoms with Gasteiger partial charge < -0.3 is 10.5 Å². The van der Waals surface area contributed by atoms with Gasteiger partial charge in [-0.25, -0.2) is 9.97 Å². The van der Waals surface area contributed by atoms with E-state index in [9.17, 15) is 4.79 Å². The zero-order valence-corrected chi connectivity index (χ0v) is 7.30. The van der Waals surface area contributed by atoms with Crippen molar-refractivity contribution < 1.29 is 9.53 Å². The maximum Gasteiger partial charge on any atom is 0.307 e. The van der Waals surface area contributed by atoms with Gasteiger partial charge in [0.2, 0.25) is 0 Å². The minimum absolute atomic E-state index is 0.132. The summed E-state index contributed by atoms with van der Waals surface area (Å²) < 4.78 is 4.48. The first kappa shape index (κ1) is 9.60. The number of carbonyl (C=O) groups excluding carboxylic acids is 1. The van der Waals surface area contributed by atoms with E-state index in [4.69, 9.17) is 5.73 Å². The molecule has 0 amide bonds.